The Bertz CT molecular complexity index is 598. The second-order valence-electron chi connectivity index (χ2n) is 4.70. The number of halogens is 6. The number of carbonyl (C=O) groups is 1. The summed E-state index contributed by atoms with van der Waals surface area (Å²) in [6.45, 7) is -0.695. The molecule has 1 aromatic carbocycles. The molecule has 0 fully saturated rings. The van der Waals surface area contributed by atoms with Crippen molar-refractivity contribution in [2.24, 2.45) is 0 Å². The van der Waals surface area contributed by atoms with Crippen molar-refractivity contribution in [3.63, 3.8) is 0 Å². The van der Waals surface area contributed by atoms with Crippen LogP contribution in [-0.2, 0) is 20.4 Å². The molecule has 0 aliphatic heterocycles. The first-order valence-corrected chi connectivity index (χ1v) is 6.65. The van der Waals surface area contributed by atoms with Crippen LogP contribution in [0.5, 0.6) is 5.75 Å². The maximum absolute atomic E-state index is 12.9. The van der Waals surface area contributed by atoms with Crippen LogP contribution in [0.25, 0.3) is 0 Å². The van der Waals surface area contributed by atoms with Crippen LogP contribution in [0.15, 0.2) is 18.2 Å². The third kappa shape index (κ3) is 5.23. The molecule has 0 unspecified atom stereocenters. The first-order chi connectivity index (χ1) is 11.5. The predicted molar refractivity (Wildman–Crippen MR) is 74.2 cm³/mol. The Morgan fingerprint density at radius 1 is 1.08 bits per heavy atom. The second-order valence-corrected chi connectivity index (χ2v) is 4.70. The fourth-order valence-corrected chi connectivity index (χ4v) is 1.93. The number of hydrogen-bond donors (Lipinski definition) is 0. The monoisotopic (exact) mass is 375 g/mol. The number of carbonyl (C=O) groups excluding carboxylic acids is 1. The maximum atomic E-state index is 12.9. The van der Waals surface area contributed by atoms with E-state index in [0.717, 1.165) is 27.4 Å². The van der Waals surface area contributed by atoms with Gasteiger partial charge in [0.1, 0.15) is 5.75 Å². The first-order valence-electron chi connectivity index (χ1n) is 6.65. The van der Waals surface area contributed by atoms with Crippen molar-refractivity contribution in [2.75, 3.05) is 32.8 Å². The lowest BCUT2D eigenvalue weighted by Crippen LogP contribution is -2.45. The summed E-state index contributed by atoms with van der Waals surface area (Å²) in [6, 6.07) is 1.95. The number of anilines is 1. The van der Waals surface area contributed by atoms with Crippen molar-refractivity contribution in [3.8, 4) is 5.75 Å². The van der Waals surface area contributed by atoms with Crippen LogP contribution in [-0.4, -0.2) is 46.2 Å². The fourth-order valence-electron chi connectivity index (χ4n) is 1.93. The lowest BCUT2D eigenvalue weighted by molar-refractivity contribution is -0.172. The number of amides is 1. The third-order valence-electron chi connectivity index (χ3n) is 3.15. The van der Waals surface area contributed by atoms with Gasteiger partial charge >= 0.3 is 18.3 Å². The summed E-state index contributed by atoms with van der Waals surface area (Å²) in [5, 5.41) is 0. The molecular weight excluding hydrogens is 360 g/mol. The number of alkyl halides is 6. The molecule has 142 valence electrons. The molecule has 11 heteroatoms. The minimum atomic E-state index is -5.25. The van der Waals surface area contributed by atoms with Gasteiger partial charge in [-0.15, -0.1) is 0 Å². The van der Waals surface area contributed by atoms with E-state index in [0.29, 0.717) is 12.1 Å². The van der Waals surface area contributed by atoms with Gasteiger partial charge in [0.05, 0.1) is 19.2 Å². The largest absolute Gasteiger partial charge is 0.496 e. The molecule has 0 heterocycles. The molecular formula is C14H15F6NO4. The lowest BCUT2D eigenvalue weighted by Gasteiger charge is -2.27. The molecule has 0 spiro atoms. The van der Waals surface area contributed by atoms with Crippen molar-refractivity contribution in [2.45, 2.75) is 18.6 Å². The molecule has 0 saturated heterocycles. The Hall–Kier alpha value is -2.01. The van der Waals surface area contributed by atoms with E-state index in [9.17, 15) is 31.1 Å². The molecule has 0 aromatic heterocycles. The van der Waals surface area contributed by atoms with Gasteiger partial charge < -0.3 is 14.2 Å². The molecule has 0 radical (unpaired) electrons. The zero-order valence-corrected chi connectivity index (χ0v) is 13.4. The zero-order chi connectivity index (χ0) is 19.4. The van der Waals surface area contributed by atoms with Gasteiger partial charge in [0.2, 0.25) is 0 Å². The van der Waals surface area contributed by atoms with Crippen LogP contribution in [0.2, 0.25) is 0 Å². The summed E-state index contributed by atoms with van der Waals surface area (Å²) in [5.41, 5.74) is -1.64. The van der Waals surface area contributed by atoms with Gasteiger partial charge in [-0.25, -0.2) is 0 Å². The number of hydrogen-bond acceptors (Lipinski definition) is 4. The Labute approximate surface area is 139 Å². The Morgan fingerprint density at radius 3 is 2.04 bits per heavy atom. The van der Waals surface area contributed by atoms with E-state index in [4.69, 9.17) is 9.47 Å². The summed E-state index contributed by atoms with van der Waals surface area (Å²) in [6.07, 6.45) is -11.2. The normalized spacial score (nSPS) is 12.4. The summed E-state index contributed by atoms with van der Waals surface area (Å²) < 4.78 is 91.1. The Morgan fingerprint density at radius 2 is 1.64 bits per heavy atom. The van der Waals surface area contributed by atoms with Crippen LogP contribution in [0.3, 0.4) is 0 Å². The fraction of sp³-hybridized carbons (Fsp3) is 0.500. The molecule has 1 amide bonds. The predicted octanol–water partition coefficient (Wildman–Crippen LogP) is 3.23. The number of ether oxygens (including phenoxy) is 3. The average molecular weight is 375 g/mol. The Balaban J connectivity index is 3.37. The topological polar surface area (TPSA) is 48.0 Å². The number of rotatable bonds is 6. The molecule has 1 aromatic rings. The van der Waals surface area contributed by atoms with E-state index >= 15 is 0 Å². The highest BCUT2D eigenvalue weighted by atomic mass is 19.4. The van der Waals surface area contributed by atoms with Crippen LogP contribution in [0.1, 0.15) is 5.56 Å². The van der Waals surface area contributed by atoms with Crippen LogP contribution in [0.4, 0.5) is 32.0 Å². The van der Waals surface area contributed by atoms with Crippen molar-refractivity contribution < 1.29 is 45.3 Å². The Kier molecular flexibility index (Phi) is 6.66. The van der Waals surface area contributed by atoms with E-state index in [-0.39, 0.29) is 4.90 Å². The van der Waals surface area contributed by atoms with Gasteiger partial charge in [0.15, 0.2) is 6.29 Å². The average Bonchev–Trinajstić information content (AvgIpc) is 2.53. The number of benzene rings is 1. The van der Waals surface area contributed by atoms with Crippen LogP contribution in [0, 0.1) is 0 Å². The molecule has 0 bridgehead atoms. The van der Waals surface area contributed by atoms with Gasteiger partial charge in [0.25, 0.3) is 0 Å². The van der Waals surface area contributed by atoms with Gasteiger partial charge in [-0.1, -0.05) is 0 Å². The van der Waals surface area contributed by atoms with Gasteiger partial charge in [-0.3, -0.25) is 9.69 Å². The summed E-state index contributed by atoms with van der Waals surface area (Å²) in [5.74, 6) is -3.01. The summed E-state index contributed by atoms with van der Waals surface area (Å²) in [4.78, 5) is 11.8. The van der Waals surface area contributed by atoms with E-state index < -0.39 is 48.1 Å². The van der Waals surface area contributed by atoms with E-state index in [2.05, 4.69) is 4.74 Å². The molecule has 25 heavy (non-hydrogen) atoms. The number of nitrogens with zero attached hydrogens (tertiary/aromatic N) is 1. The summed E-state index contributed by atoms with van der Waals surface area (Å²) in [7, 11) is 3.20. The molecule has 0 N–H and O–H groups in total. The van der Waals surface area contributed by atoms with E-state index in [1.54, 1.807) is 0 Å². The van der Waals surface area contributed by atoms with Crippen molar-refractivity contribution >= 4 is 11.6 Å². The third-order valence-corrected chi connectivity index (χ3v) is 3.15. The van der Waals surface area contributed by atoms with Crippen molar-refractivity contribution in [1.29, 1.82) is 0 Å². The van der Waals surface area contributed by atoms with E-state index in [1.165, 1.54) is 0 Å². The van der Waals surface area contributed by atoms with E-state index in [1.807, 2.05) is 0 Å². The molecule has 1 rings (SSSR count). The molecule has 0 saturated carbocycles. The van der Waals surface area contributed by atoms with Gasteiger partial charge in [-0.2, -0.15) is 26.3 Å². The van der Waals surface area contributed by atoms with Gasteiger partial charge in [0, 0.05) is 26.0 Å². The molecule has 5 nitrogen and oxygen atoms in total. The maximum Gasteiger partial charge on any atom is 0.471 e. The van der Waals surface area contributed by atoms with Gasteiger partial charge in [-0.05, 0) is 12.1 Å². The molecule has 0 aliphatic rings. The van der Waals surface area contributed by atoms with Crippen LogP contribution >= 0.6 is 0 Å². The number of methoxy groups -OCH3 is 3. The SMILES string of the molecule is COc1cc(N(CC(OC)OC)C(=O)C(F)(F)F)ccc1C(F)(F)F. The standard InChI is InChI=1S/C14H15F6NO4/c1-23-10-6-8(4-5-9(10)13(15,16)17)21(7-11(24-2)25-3)12(22)14(18,19)20/h4-6,11H,7H2,1-3H3. The van der Waals surface area contributed by atoms with Crippen molar-refractivity contribution in [1.82, 2.24) is 0 Å². The molecule has 0 aliphatic carbocycles. The smallest absolute Gasteiger partial charge is 0.471 e. The zero-order valence-electron chi connectivity index (χ0n) is 13.4. The minimum Gasteiger partial charge on any atom is -0.496 e. The lowest BCUT2D eigenvalue weighted by atomic mass is 10.1. The highest BCUT2D eigenvalue weighted by molar-refractivity contribution is 5.97. The highest BCUT2D eigenvalue weighted by Gasteiger charge is 2.44. The van der Waals surface area contributed by atoms with Crippen LogP contribution < -0.4 is 9.64 Å². The summed E-state index contributed by atoms with van der Waals surface area (Å²) >= 11 is 0. The van der Waals surface area contributed by atoms with Crippen molar-refractivity contribution in [3.05, 3.63) is 23.8 Å². The highest BCUT2D eigenvalue weighted by Crippen LogP contribution is 2.38. The second kappa shape index (κ2) is 7.91. The molecule has 0 atom stereocenters. The minimum absolute atomic E-state index is 0.209. The first kappa shape index (κ1) is 21.0. The quantitative estimate of drug-likeness (QED) is 0.566.